The van der Waals surface area contributed by atoms with Gasteiger partial charge in [0, 0.05) is 43.4 Å². The molecule has 1 aromatic heterocycles. The van der Waals surface area contributed by atoms with Crippen molar-refractivity contribution in [2.75, 3.05) is 42.8 Å². The van der Waals surface area contributed by atoms with Gasteiger partial charge in [0.25, 0.3) is 10.0 Å². The standard InChI is InChI=1S/C21H26N4O2S/c1-16-5-7-17(8-6-16)28(26,27)23-19-9-10-20(18-4-3-11-22-21(18)19)25-14-12-24(2)13-15-25/h3-5,7,9-11,23H,6,8,12-15H2,1-2H3. The Morgan fingerprint density at radius 2 is 1.82 bits per heavy atom. The van der Waals surface area contributed by atoms with Gasteiger partial charge in [-0.25, -0.2) is 8.42 Å². The zero-order chi connectivity index (χ0) is 19.7. The predicted octanol–water partition coefficient (Wildman–Crippen LogP) is 3.35. The normalized spacial score (nSPS) is 18.7. The van der Waals surface area contributed by atoms with E-state index in [0.717, 1.165) is 43.7 Å². The Hall–Kier alpha value is -2.38. The predicted molar refractivity (Wildman–Crippen MR) is 115 cm³/mol. The van der Waals surface area contributed by atoms with Crippen molar-refractivity contribution in [3.8, 4) is 0 Å². The third kappa shape index (κ3) is 3.77. The van der Waals surface area contributed by atoms with Crippen LogP contribution < -0.4 is 9.62 Å². The number of rotatable bonds is 4. The quantitative estimate of drug-likeness (QED) is 0.856. The Morgan fingerprint density at radius 3 is 2.54 bits per heavy atom. The van der Waals surface area contributed by atoms with Gasteiger partial charge in [-0.15, -0.1) is 0 Å². The van der Waals surface area contributed by atoms with E-state index in [4.69, 9.17) is 0 Å². The molecule has 4 rings (SSSR count). The highest BCUT2D eigenvalue weighted by Crippen LogP contribution is 2.33. The van der Waals surface area contributed by atoms with E-state index in [2.05, 4.69) is 26.6 Å². The number of nitrogens with zero attached hydrogens (tertiary/aromatic N) is 3. The number of aromatic nitrogens is 1. The number of anilines is 2. The molecule has 0 radical (unpaired) electrons. The van der Waals surface area contributed by atoms with Crippen LogP contribution in [0.2, 0.25) is 0 Å². The highest BCUT2D eigenvalue weighted by Gasteiger charge is 2.22. The molecule has 1 aliphatic heterocycles. The number of nitrogens with one attached hydrogen (secondary N) is 1. The first kappa shape index (κ1) is 19.0. The van der Waals surface area contributed by atoms with Crippen LogP contribution in [-0.2, 0) is 10.0 Å². The summed E-state index contributed by atoms with van der Waals surface area (Å²) in [7, 11) is -1.46. The summed E-state index contributed by atoms with van der Waals surface area (Å²) in [6, 6.07) is 7.76. The lowest BCUT2D eigenvalue weighted by Gasteiger charge is -2.34. The molecule has 0 spiro atoms. The Bertz CT molecular complexity index is 1050. The lowest BCUT2D eigenvalue weighted by atomic mass is 10.1. The number of piperazine rings is 1. The molecule has 0 bridgehead atoms. The molecule has 2 aliphatic rings. The highest BCUT2D eigenvalue weighted by molar-refractivity contribution is 7.96. The van der Waals surface area contributed by atoms with Crippen molar-refractivity contribution in [2.24, 2.45) is 0 Å². The molecular formula is C21H26N4O2S. The summed E-state index contributed by atoms with van der Waals surface area (Å²) in [5.41, 5.74) is 3.52. The summed E-state index contributed by atoms with van der Waals surface area (Å²) < 4.78 is 28.5. The van der Waals surface area contributed by atoms with Gasteiger partial charge in [0.2, 0.25) is 0 Å². The molecule has 2 heterocycles. The maximum Gasteiger partial charge on any atom is 0.258 e. The first-order valence-corrected chi connectivity index (χ1v) is 11.1. The van der Waals surface area contributed by atoms with Crippen LogP contribution in [0.3, 0.4) is 0 Å². The fourth-order valence-electron chi connectivity index (χ4n) is 3.72. The van der Waals surface area contributed by atoms with Crippen LogP contribution in [0.15, 0.2) is 53.1 Å². The van der Waals surface area contributed by atoms with Crippen molar-refractivity contribution < 1.29 is 8.42 Å². The summed E-state index contributed by atoms with van der Waals surface area (Å²) in [4.78, 5) is 9.58. The van der Waals surface area contributed by atoms with E-state index < -0.39 is 10.0 Å². The molecule has 0 saturated carbocycles. The van der Waals surface area contributed by atoms with Crippen LogP contribution in [0.5, 0.6) is 0 Å². The summed E-state index contributed by atoms with van der Waals surface area (Å²) >= 11 is 0. The minimum atomic E-state index is -3.59. The van der Waals surface area contributed by atoms with Crippen LogP contribution in [0, 0.1) is 0 Å². The number of likely N-dealkylation sites (N-methyl/N-ethyl adjacent to an activating group) is 1. The summed E-state index contributed by atoms with van der Waals surface area (Å²) in [5.74, 6) is 0. The van der Waals surface area contributed by atoms with E-state index in [1.807, 2.05) is 37.3 Å². The number of hydrogen-bond acceptors (Lipinski definition) is 5. The average molecular weight is 399 g/mol. The lowest BCUT2D eigenvalue weighted by Crippen LogP contribution is -2.44. The number of pyridine rings is 1. The van der Waals surface area contributed by atoms with E-state index in [0.29, 0.717) is 22.5 Å². The molecule has 0 amide bonds. The van der Waals surface area contributed by atoms with Gasteiger partial charge in [-0.3, -0.25) is 9.71 Å². The van der Waals surface area contributed by atoms with Gasteiger partial charge in [0.05, 0.1) is 16.1 Å². The van der Waals surface area contributed by atoms with Gasteiger partial charge in [-0.2, -0.15) is 0 Å². The third-order valence-corrected chi connectivity index (χ3v) is 7.02. The van der Waals surface area contributed by atoms with Crippen molar-refractivity contribution >= 4 is 32.3 Å². The molecule has 28 heavy (non-hydrogen) atoms. The van der Waals surface area contributed by atoms with Crippen LogP contribution >= 0.6 is 0 Å². The van der Waals surface area contributed by atoms with Gasteiger partial charge in [0.1, 0.15) is 0 Å². The maximum atomic E-state index is 12.9. The first-order valence-electron chi connectivity index (χ1n) is 9.64. The molecule has 0 atom stereocenters. The van der Waals surface area contributed by atoms with Crippen molar-refractivity contribution in [1.82, 2.24) is 9.88 Å². The fourth-order valence-corrected chi connectivity index (χ4v) is 4.92. The van der Waals surface area contributed by atoms with Crippen LogP contribution in [0.1, 0.15) is 19.8 Å². The summed E-state index contributed by atoms with van der Waals surface area (Å²) in [6.07, 6.45) is 6.59. The number of hydrogen-bond donors (Lipinski definition) is 1. The maximum absolute atomic E-state index is 12.9. The van der Waals surface area contributed by atoms with Gasteiger partial charge < -0.3 is 9.80 Å². The van der Waals surface area contributed by atoms with E-state index in [9.17, 15) is 8.42 Å². The summed E-state index contributed by atoms with van der Waals surface area (Å²) in [6.45, 7) is 5.94. The summed E-state index contributed by atoms with van der Waals surface area (Å²) in [5, 5.41) is 0.973. The van der Waals surface area contributed by atoms with Crippen LogP contribution in [0.4, 0.5) is 11.4 Å². The van der Waals surface area contributed by atoms with Crippen LogP contribution in [0.25, 0.3) is 10.9 Å². The minimum Gasteiger partial charge on any atom is -0.368 e. The zero-order valence-corrected chi connectivity index (χ0v) is 17.2. The smallest absolute Gasteiger partial charge is 0.258 e. The molecular weight excluding hydrogens is 372 g/mol. The molecule has 2 aromatic rings. The number of allylic oxidation sites excluding steroid dienone is 4. The Morgan fingerprint density at radius 1 is 1.04 bits per heavy atom. The van der Waals surface area contributed by atoms with E-state index in [1.165, 1.54) is 5.57 Å². The molecule has 148 valence electrons. The number of benzene rings is 1. The molecule has 0 unspecified atom stereocenters. The molecule has 1 N–H and O–H groups in total. The second kappa shape index (κ2) is 7.56. The van der Waals surface area contributed by atoms with Crippen molar-refractivity contribution in [2.45, 2.75) is 19.8 Å². The van der Waals surface area contributed by atoms with Gasteiger partial charge in [-0.1, -0.05) is 11.6 Å². The highest BCUT2D eigenvalue weighted by atomic mass is 32.2. The molecule has 6 nitrogen and oxygen atoms in total. The zero-order valence-electron chi connectivity index (χ0n) is 16.4. The van der Waals surface area contributed by atoms with E-state index in [-0.39, 0.29) is 0 Å². The Balaban J connectivity index is 1.69. The fraction of sp³-hybridized carbons (Fsp3) is 0.381. The SMILES string of the molecule is CC1=CC=C(S(=O)(=O)Nc2ccc(N3CCN(C)CC3)c3cccnc23)CC1. The first-order chi connectivity index (χ1) is 13.4. The van der Waals surface area contributed by atoms with Gasteiger partial charge in [-0.05, 0) is 57.2 Å². The lowest BCUT2D eigenvalue weighted by molar-refractivity contribution is 0.313. The average Bonchev–Trinajstić information content (AvgIpc) is 2.69. The van der Waals surface area contributed by atoms with Gasteiger partial charge >= 0.3 is 0 Å². The Kier molecular flexibility index (Phi) is 5.12. The topological polar surface area (TPSA) is 65.5 Å². The van der Waals surface area contributed by atoms with Crippen molar-refractivity contribution in [3.05, 3.63) is 53.1 Å². The molecule has 1 aromatic carbocycles. The molecule has 1 aliphatic carbocycles. The third-order valence-electron chi connectivity index (χ3n) is 5.50. The largest absolute Gasteiger partial charge is 0.368 e. The van der Waals surface area contributed by atoms with Crippen molar-refractivity contribution in [1.29, 1.82) is 0 Å². The van der Waals surface area contributed by atoms with Crippen LogP contribution in [-0.4, -0.2) is 51.5 Å². The minimum absolute atomic E-state index is 0.422. The number of fused-ring (bicyclic) bond motifs is 1. The monoisotopic (exact) mass is 398 g/mol. The number of sulfonamides is 1. The molecule has 1 fully saturated rings. The van der Waals surface area contributed by atoms with E-state index >= 15 is 0 Å². The molecule has 1 saturated heterocycles. The second-order valence-electron chi connectivity index (χ2n) is 7.57. The van der Waals surface area contributed by atoms with Crippen molar-refractivity contribution in [3.63, 3.8) is 0 Å². The molecule has 7 heteroatoms. The van der Waals surface area contributed by atoms with Gasteiger partial charge in [0.15, 0.2) is 0 Å². The Labute approximate surface area is 166 Å². The second-order valence-corrected chi connectivity index (χ2v) is 9.31. The van der Waals surface area contributed by atoms with E-state index in [1.54, 1.807) is 12.3 Å².